The zero-order chi connectivity index (χ0) is 8.39. The maximum Gasteiger partial charge on any atom is 0.126 e. The van der Waals surface area contributed by atoms with Crippen LogP contribution in [0.3, 0.4) is 0 Å². The number of allylic oxidation sites excluding steroid dienone is 1. The summed E-state index contributed by atoms with van der Waals surface area (Å²) in [6.07, 6.45) is 3.79. The van der Waals surface area contributed by atoms with Gasteiger partial charge >= 0.3 is 0 Å². The fourth-order valence-electron chi connectivity index (χ4n) is 1.51. The Kier molecular flexibility index (Phi) is 1.86. The number of rotatable bonds is 2. The van der Waals surface area contributed by atoms with Crippen LogP contribution >= 0.6 is 0 Å². The summed E-state index contributed by atoms with van der Waals surface area (Å²) < 4.78 is 5.50. The molecule has 1 heteroatoms. The lowest BCUT2D eigenvalue weighted by molar-refractivity contribution is 0.354. The number of fused-ring (bicyclic) bond motifs is 1. The van der Waals surface area contributed by atoms with Crippen molar-refractivity contribution in [3.05, 3.63) is 42.0 Å². The van der Waals surface area contributed by atoms with Crippen molar-refractivity contribution in [1.82, 2.24) is 0 Å². The molecule has 1 aromatic rings. The van der Waals surface area contributed by atoms with Crippen LogP contribution in [0.4, 0.5) is 0 Å². The molecule has 1 radical (unpaired) electrons. The molecule has 0 saturated heterocycles. The first-order valence-corrected chi connectivity index (χ1v) is 4.18. The quantitative estimate of drug-likeness (QED) is 0.601. The van der Waals surface area contributed by atoms with Crippen LogP contribution in [0.25, 0.3) is 0 Å². The summed E-state index contributed by atoms with van der Waals surface area (Å²) in [5.74, 6) is 1.04. The van der Waals surface area contributed by atoms with E-state index in [0.29, 0.717) is 0 Å². The molecule has 2 rings (SSSR count). The van der Waals surface area contributed by atoms with Gasteiger partial charge in [-0.3, -0.25) is 0 Å². The highest BCUT2D eigenvalue weighted by Gasteiger charge is 2.14. The fraction of sp³-hybridized carbons (Fsp3) is 0.273. The van der Waals surface area contributed by atoms with Gasteiger partial charge < -0.3 is 4.74 Å². The summed E-state index contributed by atoms with van der Waals surface area (Å²) in [7, 11) is 0. The lowest BCUT2D eigenvalue weighted by Crippen LogP contribution is -1.90. The van der Waals surface area contributed by atoms with E-state index in [4.69, 9.17) is 4.74 Å². The zero-order valence-electron chi connectivity index (χ0n) is 6.97. The molecule has 0 unspecified atom stereocenters. The average Bonchev–Trinajstić information content (AvgIpc) is 2.53. The van der Waals surface area contributed by atoms with E-state index in [1.54, 1.807) is 0 Å². The van der Waals surface area contributed by atoms with E-state index >= 15 is 0 Å². The Balaban J connectivity index is 2.42. The van der Waals surface area contributed by atoms with Crippen LogP contribution in [0.5, 0.6) is 5.75 Å². The molecule has 0 atom stereocenters. The largest absolute Gasteiger partial charge is 0.493 e. The molecule has 61 valence electrons. The van der Waals surface area contributed by atoms with Gasteiger partial charge in [0.1, 0.15) is 5.75 Å². The SMILES string of the molecule is C=CCc1cc[c]c2c1OCC2. The minimum atomic E-state index is 0.806. The first-order chi connectivity index (χ1) is 5.92. The highest BCUT2D eigenvalue weighted by atomic mass is 16.5. The highest BCUT2D eigenvalue weighted by molar-refractivity contribution is 5.44. The normalized spacial score (nSPS) is 13.7. The standard InChI is InChI=1S/C11H11O/c1-2-4-9-5-3-6-10-7-8-12-11(9)10/h2-3,5H,1,4,7-8H2. The molecule has 1 aliphatic heterocycles. The molecule has 1 aliphatic rings. The van der Waals surface area contributed by atoms with Crippen molar-refractivity contribution in [3.63, 3.8) is 0 Å². The van der Waals surface area contributed by atoms with Gasteiger partial charge in [0.25, 0.3) is 0 Å². The Labute approximate surface area is 72.7 Å². The lowest BCUT2D eigenvalue weighted by atomic mass is 10.1. The molecule has 0 N–H and O–H groups in total. The van der Waals surface area contributed by atoms with Gasteiger partial charge in [0, 0.05) is 12.0 Å². The first-order valence-electron chi connectivity index (χ1n) is 4.18. The molecule has 0 amide bonds. The van der Waals surface area contributed by atoms with Crippen LogP contribution in [0.15, 0.2) is 24.8 Å². The monoisotopic (exact) mass is 159 g/mol. The van der Waals surface area contributed by atoms with E-state index in [-0.39, 0.29) is 0 Å². The van der Waals surface area contributed by atoms with E-state index < -0.39 is 0 Å². The van der Waals surface area contributed by atoms with Gasteiger partial charge in [-0.05, 0) is 18.1 Å². The van der Waals surface area contributed by atoms with Crippen LogP contribution < -0.4 is 4.74 Å². The van der Waals surface area contributed by atoms with E-state index in [1.807, 2.05) is 18.2 Å². The summed E-state index contributed by atoms with van der Waals surface area (Å²) >= 11 is 0. The Hall–Kier alpha value is -1.24. The minimum absolute atomic E-state index is 0.806. The Bertz CT molecular complexity index is 302. The molecule has 0 bridgehead atoms. The van der Waals surface area contributed by atoms with Crippen LogP contribution in [-0.4, -0.2) is 6.61 Å². The molecular weight excluding hydrogens is 148 g/mol. The van der Waals surface area contributed by atoms with E-state index in [2.05, 4.69) is 12.6 Å². The van der Waals surface area contributed by atoms with Crippen molar-refractivity contribution in [3.8, 4) is 5.75 Å². The molecule has 1 heterocycles. The molecule has 12 heavy (non-hydrogen) atoms. The second-order valence-corrected chi connectivity index (χ2v) is 2.90. The maximum atomic E-state index is 5.50. The lowest BCUT2D eigenvalue weighted by Gasteiger charge is -2.04. The van der Waals surface area contributed by atoms with Gasteiger partial charge in [-0.15, -0.1) is 6.58 Å². The second kappa shape index (κ2) is 3.02. The minimum Gasteiger partial charge on any atom is -0.493 e. The topological polar surface area (TPSA) is 9.23 Å². The van der Waals surface area contributed by atoms with Crippen molar-refractivity contribution in [2.75, 3.05) is 6.61 Å². The summed E-state index contributed by atoms with van der Waals surface area (Å²) in [5, 5.41) is 0. The number of hydrogen-bond donors (Lipinski definition) is 0. The van der Waals surface area contributed by atoms with E-state index in [1.165, 1.54) is 11.1 Å². The highest BCUT2D eigenvalue weighted by Crippen LogP contribution is 2.29. The maximum absolute atomic E-state index is 5.50. The zero-order valence-corrected chi connectivity index (χ0v) is 6.97. The van der Waals surface area contributed by atoms with Gasteiger partial charge in [-0.1, -0.05) is 18.2 Å². The molecule has 0 aliphatic carbocycles. The fourth-order valence-corrected chi connectivity index (χ4v) is 1.51. The van der Waals surface area contributed by atoms with Gasteiger partial charge in [-0.25, -0.2) is 0 Å². The summed E-state index contributed by atoms with van der Waals surface area (Å²) in [6, 6.07) is 7.20. The van der Waals surface area contributed by atoms with Crippen molar-refractivity contribution >= 4 is 0 Å². The van der Waals surface area contributed by atoms with Crippen molar-refractivity contribution in [2.24, 2.45) is 0 Å². The summed E-state index contributed by atoms with van der Waals surface area (Å²) in [4.78, 5) is 0. The number of ether oxygens (including phenoxy) is 1. The molecule has 0 spiro atoms. The van der Waals surface area contributed by atoms with E-state index in [0.717, 1.165) is 25.2 Å². The van der Waals surface area contributed by atoms with Crippen LogP contribution in [0.2, 0.25) is 0 Å². The van der Waals surface area contributed by atoms with Gasteiger partial charge in [0.15, 0.2) is 0 Å². The molecule has 0 fully saturated rings. The third kappa shape index (κ3) is 1.11. The van der Waals surface area contributed by atoms with E-state index in [9.17, 15) is 0 Å². The van der Waals surface area contributed by atoms with Crippen LogP contribution in [0, 0.1) is 6.07 Å². The number of benzene rings is 1. The molecule has 0 aromatic heterocycles. The molecule has 0 saturated carbocycles. The molecule has 1 aromatic carbocycles. The summed E-state index contributed by atoms with van der Waals surface area (Å²) in [6.45, 7) is 4.52. The Morgan fingerprint density at radius 3 is 3.42 bits per heavy atom. The summed E-state index contributed by atoms with van der Waals surface area (Å²) in [5.41, 5.74) is 2.45. The van der Waals surface area contributed by atoms with Crippen molar-refractivity contribution in [1.29, 1.82) is 0 Å². The molecule has 1 nitrogen and oxygen atoms in total. The third-order valence-corrected chi connectivity index (χ3v) is 2.07. The van der Waals surface area contributed by atoms with Crippen LogP contribution in [-0.2, 0) is 12.8 Å². The Morgan fingerprint density at radius 1 is 1.67 bits per heavy atom. The van der Waals surface area contributed by atoms with Gasteiger partial charge in [-0.2, -0.15) is 0 Å². The van der Waals surface area contributed by atoms with Crippen molar-refractivity contribution in [2.45, 2.75) is 12.8 Å². The average molecular weight is 159 g/mol. The predicted molar refractivity (Wildman–Crippen MR) is 48.4 cm³/mol. The smallest absolute Gasteiger partial charge is 0.126 e. The molecular formula is C11H11O. The third-order valence-electron chi connectivity index (χ3n) is 2.07. The van der Waals surface area contributed by atoms with Crippen LogP contribution in [0.1, 0.15) is 11.1 Å². The van der Waals surface area contributed by atoms with Gasteiger partial charge in [0.05, 0.1) is 6.61 Å². The Morgan fingerprint density at radius 2 is 2.58 bits per heavy atom. The van der Waals surface area contributed by atoms with Crippen molar-refractivity contribution < 1.29 is 4.74 Å². The first kappa shape index (κ1) is 7.41. The second-order valence-electron chi connectivity index (χ2n) is 2.90. The predicted octanol–water partition coefficient (Wildman–Crippen LogP) is 2.15. The van der Waals surface area contributed by atoms with Gasteiger partial charge in [0.2, 0.25) is 0 Å². The number of hydrogen-bond acceptors (Lipinski definition) is 1.